The lowest BCUT2D eigenvalue weighted by molar-refractivity contribution is -0.136. The van der Waals surface area contributed by atoms with Gasteiger partial charge in [0.15, 0.2) is 0 Å². The first-order valence-corrected chi connectivity index (χ1v) is 7.17. The number of amides is 2. The summed E-state index contributed by atoms with van der Waals surface area (Å²) in [7, 11) is 1.71. The fourth-order valence-corrected chi connectivity index (χ4v) is 2.93. The van der Waals surface area contributed by atoms with Gasteiger partial charge in [0.2, 0.25) is 11.8 Å². The zero-order valence-electron chi connectivity index (χ0n) is 12.0. The van der Waals surface area contributed by atoms with Crippen molar-refractivity contribution in [2.45, 2.75) is 25.4 Å². The Morgan fingerprint density at radius 3 is 2.50 bits per heavy atom. The minimum Gasteiger partial charge on any atom is -0.380 e. The summed E-state index contributed by atoms with van der Waals surface area (Å²) in [5, 5.41) is 0. The first-order chi connectivity index (χ1) is 9.63. The summed E-state index contributed by atoms with van der Waals surface area (Å²) in [4.78, 5) is 27.6. The second-order valence-electron chi connectivity index (χ2n) is 5.55. The van der Waals surface area contributed by atoms with Gasteiger partial charge in [-0.15, -0.1) is 0 Å². The van der Waals surface area contributed by atoms with Crippen LogP contribution in [-0.2, 0) is 14.3 Å². The van der Waals surface area contributed by atoms with Gasteiger partial charge in [0.1, 0.15) is 0 Å². The van der Waals surface area contributed by atoms with E-state index >= 15 is 0 Å². The average molecular weight is 284 g/mol. The van der Waals surface area contributed by atoms with Crippen LogP contribution in [-0.4, -0.2) is 67.6 Å². The molecule has 7 heteroatoms. The number of nitrogens with zero attached hydrogens (tertiary/aromatic N) is 2. The number of carbonyl (C=O) groups is 2. The number of methoxy groups -OCH3 is 1. The number of rotatable bonds is 4. The van der Waals surface area contributed by atoms with E-state index in [1.807, 2.05) is 4.90 Å². The molecular formula is C13H24N4O3. The van der Waals surface area contributed by atoms with E-state index in [4.69, 9.17) is 10.6 Å². The molecule has 0 saturated carbocycles. The van der Waals surface area contributed by atoms with Gasteiger partial charge in [0, 0.05) is 39.2 Å². The van der Waals surface area contributed by atoms with Gasteiger partial charge in [-0.3, -0.25) is 19.9 Å². The first kappa shape index (κ1) is 15.2. The Kier molecular flexibility index (Phi) is 5.33. The van der Waals surface area contributed by atoms with Crippen molar-refractivity contribution in [3.05, 3.63) is 0 Å². The Labute approximate surface area is 119 Å². The first-order valence-electron chi connectivity index (χ1n) is 7.17. The minimum atomic E-state index is -0.125. The minimum absolute atomic E-state index is 0.0614. The molecule has 2 amide bonds. The Morgan fingerprint density at radius 1 is 1.25 bits per heavy atom. The normalized spacial score (nSPS) is 24.9. The molecule has 7 nitrogen and oxygen atoms in total. The van der Waals surface area contributed by atoms with Gasteiger partial charge in [-0.05, 0) is 19.3 Å². The van der Waals surface area contributed by atoms with Crippen LogP contribution in [0.1, 0.15) is 19.3 Å². The summed E-state index contributed by atoms with van der Waals surface area (Å²) in [6.45, 7) is 3.47. The van der Waals surface area contributed by atoms with Crippen molar-refractivity contribution < 1.29 is 14.3 Å². The Morgan fingerprint density at radius 2 is 1.95 bits per heavy atom. The molecule has 1 atom stereocenters. The molecule has 114 valence electrons. The number of nitrogens with two attached hydrogens (primary N) is 1. The topological polar surface area (TPSA) is 87.9 Å². The van der Waals surface area contributed by atoms with E-state index in [0.29, 0.717) is 32.5 Å². The van der Waals surface area contributed by atoms with Gasteiger partial charge in [0.25, 0.3) is 0 Å². The third-order valence-electron chi connectivity index (χ3n) is 4.28. The van der Waals surface area contributed by atoms with E-state index in [1.165, 1.54) is 0 Å². The maximum atomic E-state index is 12.2. The summed E-state index contributed by atoms with van der Waals surface area (Å²) in [6.07, 6.45) is 2.62. The monoisotopic (exact) mass is 284 g/mol. The number of hydrogen-bond acceptors (Lipinski definition) is 5. The van der Waals surface area contributed by atoms with Crippen molar-refractivity contribution in [1.82, 2.24) is 15.2 Å². The molecule has 2 heterocycles. The van der Waals surface area contributed by atoms with Crippen molar-refractivity contribution in [2.75, 3.05) is 39.8 Å². The van der Waals surface area contributed by atoms with Crippen LogP contribution in [0.2, 0.25) is 0 Å². The second-order valence-corrected chi connectivity index (χ2v) is 5.55. The molecule has 20 heavy (non-hydrogen) atoms. The molecule has 2 saturated heterocycles. The number of nitrogens with one attached hydrogen (secondary N) is 1. The largest absolute Gasteiger partial charge is 0.380 e. The second kappa shape index (κ2) is 7.01. The lowest BCUT2D eigenvalue weighted by atomic mass is 9.96. The Hall–Kier alpha value is -1.18. The zero-order valence-corrected chi connectivity index (χ0v) is 12.0. The molecule has 3 N–H and O–H groups in total. The number of carbonyl (C=O) groups excluding carboxylic acids is 2. The van der Waals surface area contributed by atoms with Crippen LogP contribution in [0.25, 0.3) is 0 Å². The summed E-state index contributed by atoms with van der Waals surface area (Å²) >= 11 is 0. The van der Waals surface area contributed by atoms with E-state index in [-0.39, 0.29) is 23.8 Å². The summed E-state index contributed by atoms with van der Waals surface area (Å²) in [5.41, 5.74) is 2.18. The van der Waals surface area contributed by atoms with Crippen molar-refractivity contribution >= 4 is 11.8 Å². The predicted molar refractivity (Wildman–Crippen MR) is 73.5 cm³/mol. The van der Waals surface area contributed by atoms with Crippen LogP contribution in [0.4, 0.5) is 0 Å². The number of hydrogen-bond donors (Lipinski definition) is 2. The fourth-order valence-electron chi connectivity index (χ4n) is 2.93. The molecule has 0 aromatic heterocycles. The molecule has 2 aliphatic heterocycles. The van der Waals surface area contributed by atoms with Crippen molar-refractivity contribution in [3.63, 3.8) is 0 Å². The Bertz CT molecular complexity index is 356. The highest BCUT2D eigenvalue weighted by Crippen LogP contribution is 2.18. The van der Waals surface area contributed by atoms with Crippen LogP contribution >= 0.6 is 0 Å². The molecule has 0 radical (unpaired) electrons. The summed E-state index contributed by atoms with van der Waals surface area (Å²) in [5.74, 6) is 5.09. The van der Waals surface area contributed by atoms with Gasteiger partial charge in [-0.1, -0.05) is 0 Å². The van der Waals surface area contributed by atoms with Gasteiger partial charge >= 0.3 is 0 Å². The quantitative estimate of drug-likeness (QED) is 0.390. The number of likely N-dealkylation sites (tertiary alicyclic amines) is 2. The van der Waals surface area contributed by atoms with Gasteiger partial charge in [-0.25, -0.2) is 5.84 Å². The molecule has 2 rings (SSSR count). The molecule has 0 aromatic rings. The van der Waals surface area contributed by atoms with E-state index in [0.717, 1.165) is 19.5 Å². The van der Waals surface area contributed by atoms with Crippen LogP contribution in [0, 0.1) is 5.92 Å². The molecule has 0 aliphatic carbocycles. The number of hydrazine groups is 1. The molecule has 0 aromatic carbocycles. The van der Waals surface area contributed by atoms with Crippen molar-refractivity contribution in [2.24, 2.45) is 11.8 Å². The van der Waals surface area contributed by atoms with Crippen LogP contribution in [0.3, 0.4) is 0 Å². The third-order valence-corrected chi connectivity index (χ3v) is 4.28. The van der Waals surface area contributed by atoms with Gasteiger partial charge < -0.3 is 9.64 Å². The zero-order chi connectivity index (χ0) is 14.5. The molecule has 0 spiro atoms. The van der Waals surface area contributed by atoms with Gasteiger partial charge in [0.05, 0.1) is 12.6 Å². The lowest BCUT2D eigenvalue weighted by Crippen LogP contribution is -2.47. The maximum absolute atomic E-state index is 12.2. The third kappa shape index (κ3) is 3.68. The Balaban J connectivity index is 1.73. The number of ether oxygens (including phenoxy) is 1. The van der Waals surface area contributed by atoms with E-state index in [9.17, 15) is 9.59 Å². The smallest absolute Gasteiger partial charge is 0.237 e. The molecular weight excluding hydrogens is 260 g/mol. The summed E-state index contributed by atoms with van der Waals surface area (Å²) in [6, 6.07) is 0. The predicted octanol–water partition coefficient (Wildman–Crippen LogP) is -1.06. The standard InChI is InChI=1S/C13H24N4O3/c1-20-11-4-5-16(8-11)9-12(18)17-6-2-10(3-7-17)13(19)15-14/h10-11H,2-9,14H2,1H3,(H,15,19). The van der Waals surface area contributed by atoms with Crippen LogP contribution in [0.15, 0.2) is 0 Å². The van der Waals surface area contributed by atoms with Gasteiger partial charge in [-0.2, -0.15) is 0 Å². The van der Waals surface area contributed by atoms with E-state index in [1.54, 1.807) is 7.11 Å². The number of piperidine rings is 1. The molecule has 1 unspecified atom stereocenters. The highest BCUT2D eigenvalue weighted by molar-refractivity contribution is 5.80. The molecule has 2 fully saturated rings. The highest BCUT2D eigenvalue weighted by Gasteiger charge is 2.29. The summed E-state index contributed by atoms with van der Waals surface area (Å²) < 4.78 is 5.30. The lowest BCUT2D eigenvalue weighted by Gasteiger charge is -2.32. The highest BCUT2D eigenvalue weighted by atomic mass is 16.5. The average Bonchev–Trinajstić information content (AvgIpc) is 2.94. The van der Waals surface area contributed by atoms with Crippen molar-refractivity contribution in [3.8, 4) is 0 Å². The van der Waals surface area contributed by atoms with E-state index < -0.39 is 0 Å². The van der Waals surface area contributed by atoms with Crippen LogP contribution < -0.4 is 11.3 Å². The fraction of sp³-hybridized carbons (Fsp3) is 0.846. The SMILES string of the molecule is COC1CCN(CC(=O)N2CCC(C(=O)NN)CC2)C1. The molecule has 0 bridgehead atoms. The molecule has 2 aliphatic rings. The van der Waals surface area contributed by atoms with Crippen LogP contribution in [0.5, 0.6) is 0 Å². The maximum Gasteiger partial charge on any atom is 0.237 e. The van der Waals surface area contributed by atoms with Crippen molar-refractivity contribution in [1.29, 1.82) is 0 Å². The van der Waals surface area contributed by atoms with E-state index in [2.05, 4.69) is 10.3 Å².